The minimum absolute atomic E-state index is 0.191. The lowest BCUT2D eigenvalue weighted by Gasteiger charge is -2.18. The van der Waals surface area contributed by atoms with Gasteiger partial charge in [-0.25, -0.2) is 4.98 Å². The molecule has 0 amide bonds. The molecule has 2 aromatic heterocycles. The topological polar surface area (TPSA) is 54.8 Å². The van der Waals surface area contributed by atoms with Crippen molar-refractivity contribution in [3.63, 3.8) is 0 Å². The third-order valence-corrected chi connectivity index (χ3v) is 4.49. The molecule has 0 saturated heterocycles. The third-order valence-electron chi connectivity index (χ3n) is 2.53. The first-order valence-corrected chi connectivity index (χ1v) is 8.07. The molecule has 2 heterocycles. The largest absolute Gasteiger partial charge is 0.341 e. The second kappa shape index (κ2) is 7.19. The van der Waals surface area contributed by atoms with Gasteiger partial charge in [0, 0.05) is 19.3 Å². The fourth-order valence-corrected chi connectivity index (χ4v) is 2.96. The maximum Gasteiger partial charge on any atom is 0.230 e. The van der Waals surface area contributed by atoms with Crippen LogP contribution < -0.4 is 4.90 Å². The number of anilines is 1. The standard InChI is InChI=1S/C12H13BrClN5S/c1-3-19(4-2)11-16-10(14)17-12(18-11)20-9-8(13)6-5-7-15-9/h5-7H,3-4H2,1-2H3. The molecule has 106 valence electrons. The van der Waals surface area contributed by atoms with E-state index in [1.807, 2.05) is 30.9 Å². The van der Waals surface area contributed by atoms with Crippen molar-refractivity contribution in [3.05, 3.63) is 28.1 Å². The Kier molecular flexibility index (Phi) is 5.56. The van der Waals surface area contributed by atoms with E-state index in [1.54, 1.807) is 6.20 Å². The lowest BCUT2D eigenvalue weighted by Crippen LogP contribution is -2.24. The van der Waals surface area contributed by atoms with Crippen molar-refractivity contribution in [1.29, 1.82) is 0 Å². The van der Waals surface area contributed by atoms with E-state index < -0.39 is 0 Å². The van der Waals surface area contributed by atoms with Gasteiger partial charge < -0.3 is 4.90 Å². The third kappa shape index (κ3) is 3.80. The number of aromatic nitrogens is 4. The number of pyridine rings is 1. The van der Waals surface area contributed by atoms with Gasteiger partial charge in [0.05, 0.1) is 4.47 Å². The van der Waals surface area contributed by atoms with Gasteiger partial charge in [-0.3, -0.25) is 0 Å². The molecule has 0 aliphatic heterocycles. The summed E-state index contributed by atoms with van der Waals surface area (Å²) in [7, 11) is 0. The molecule has 0 N–H and O–H groups in total. The molecule has 0 fully saturated rings. The van der Waals surface area contributed by atoms with Gasteiger partial charge in [-0.05, 0) is 65.3 Å². The number of halogens is 2. The van der Waals surface area contributed by atoms with E-state index in [2.05, 4.69) is 35.9 Å². The van der Waals surface area contributed by atoms with Crippen molar-refractivity contribution in [2.24, 2.45) is 0 Å². The average Bonchev–Trinajstić information content (AvgIpc) is 2.42. The van der Waals surface area contributed by atoms with Crippen LogP contribution >= 0.6 is 39.3 Å². The summed E-state index contributed by atoms with van der Waals surface area (Å²) in [6, 6.07) is 3.78. The second-order valence-corrected chi connectivity index (χ2v) is 5.90. The Labute approximate surface area is 135 Å². The van der Waals surface area contributed by atoms with Gasteiger partial charge in [0.2, 0.25) is 11.2 Å². The summed E-state index contributed by atoms with van der Waals surface area (Å²) in [6.45, 7) is 5.72. The Morgan fingerprint density at radius 1 is 1.25 bits per heavy atom. The van der Waals surface area contributed by atoms with Crippen molar-refractivity contribution in [2.45, 2.75) is 24.0 Å². The first-order valence-electron chi connectivity index (χ1n) is 6.09. The van der Waals surface area contributed by atoms with E-state index in [0.29, 0.717) is 11.1 Å². The molecule has 0 spiro atoms. The maximum absolute atomic E-state index is 5.98. The van der Waals surface area contributed by atoms with Gasteiger partial charge in [-0.2, -0.15) is 15.0 Å². The molecule has 0 aromatic carbocycles. The minimum Gasteiger partial charge on any atom is -0.341 e. The number of hydrogen-bond donors (Lipinski definition) is 0. The molecule has 0 saturated carbocycles. The molecule has 0 atom stereocenters. The average molecular weight is 375 g/mol. The van der Waals surface area contributed by atoms with Gasteiger partial charge in [0.1, 0.15) is 5.03 Å². The van der Waals surface area contributed by atoms with E-state index in [0.717, 1.165) is 22.6 Å². The Bertz CT molecular complexity index is 594. The Balaban J connectivity index is 2.31. The molecule has 0 bridgehead atoms. The van der Waals surface area contributed by atoms with Crippen molar-refractivity contribution in [2.75, 3.05) is 18.0 Å². The molecule has 0 aliphatic rings. The Hall–Kier alpha value is -0.920. The van der Waals surface area contributed by atoms with E-state index in [4.69, 9.17) is 11.6 Å². The molecule has 0 aliphatic carbocycles. The summed E-state index contributed by atoms with van der Waals surface area (Å²) < 4.78 is 0.894. The van der Waals surface area contributed by atoms with Crippen LogP contribution in [0.5, 0.6) is 0 Å². The zero-order chi connectivity index (χ0) is 14.5. The van der Waals surface area contributed by atoms with Crippen LogP contribution in [0.2, 0.25) is 5.28 Å². The van der Waals surface area contributed by atoms with Crippen molar-refractivity contribution >= 4 is 45.2 Å². The van der Waals surface area contributed by atoms with E-state index in [-0.39, 0.29) is 5.28 Å². The van der Waals surface area contributed by atoms with Crippen LogP contribution in [0.4, 0.5) is 5.95 Å². The number of rotatable bonds is 5. The van der Waals surface area contributed by atoms with E-state index >= 15 is 0 Å². The van der Waals surface area contributed by atoms with Crippen molar-refractivity contribution < 1.29 is 0 Å². The predicted molar refractivity (Wildman–Crippen MR) is 84.5 cm³/mol. The zero-order valence-electron chi connectivity index (χ0n) is 11.0. The monoisotopic (exact) mass is 373 g/mol. The molecule has 5 nitrogen and oxygen atoms in total. The molecule has 0 radical (unpaired) electrons. The van der Waals surface area contributed by atoms with Crippen LogP contribution in [-0.2, 0) is 0 Å². The highest BCUT2D eigenvalue weighted by molar-refractivity contribution is 9.10. The Morgan fingerprint density at radius 3 is 2.65 bits per heavy atom. The first kappa shape index (κ1) is 15.5. The highest BCUT2D eigenvalue weighted by Gasteiger charge is 2.12. The van der Waals surface area contributed by atoms with Crippen molar-refractivity contribution in [3.8, 4) is 0 Å². The SMILES string of the molecule is CCN(CC)c1nc(Cl)nc(Sc2ncccc2Br)n1. The maximum atomic E-state index is 5.98. The van der Waals surface area contributed by atoms with E-state index in [9.17, 15) is 0 Å². The number of nitrogens with zero attached hydrogens (tertiary/aromatic N) is 5. The highest BCUT2D eigenvalue weighted by atomic mass is 79.9. The van der Waals surface area contributed by atoms with Crippen LogP contribution in [0.1, 0.15) is 13.8 Å². The number of hydrogen-bond acceptors (Lipinski definition) is 6. The smallest absolute Gasteiger partial charge is 0.230 e. The molecule has 20 heavy (non-hydrogen) atoms. The van der Waals surface area contributed by atoms with Crippen molar-refractivity contribution in [1.82, 2.24) is 19.9 Å². The molecular weight excluding hydrogens is 362 g/mol. The fraction of sp³-hybridized carbons (Fsp3) is 0.333. The van der Waals surface area contributed by atoms with Gasteiger partial charge in [-0.15, -0.1) is 0 Å². The predicted octanol–water partition coefficient (Wildman–Crippen LogP) is 3.68. The van der Waals surface area contributed by atoms with Crippen LogP contribution in [-0.4, -0.2) is 33.0 Å². The summed E-state index contributed by atoms with van der Waals surface area (Å²) in [4.78, 5) is 19.0. The van der Waals surface area contributed by atoms with Gasteiger partial charge in [0.25, 0.3) is 0 Å². The van der Waals surface area contributed by atoms with Gasteiger partial charge in [-0.1, -0.05) is 0 Å². The Morgan fingerprint density at radius 2 is 2.00 bits per heavy atom. The lowest BCUT2D eigenvalue weighted by molar-refractivity contribution is 0.781. The summed E-state index contributed by atoms with van der Waals surface area (Å²) in [5.74, 6) is 0.588. The normalized spacial score (nSPS) is 10.6. The molecule has 2 aromatic rings. The van der Waals surface area contributed by atoms with Gasteiger partial charge in [0.15, 0.2) is 5.16 Å². The quantitative estimate of drug-likeness (QED) is 0.796. The summed E-state index contributed by atoms with van der Waals surface area (Å²) in [5.41, 5.74) is 0. The van der Waals surface area contributed by atoms with E-state index in [1.165, 1.54) is 11.8 Å². The molecule has 0 unspecified atom stereocenters. The molecule has 2 rings (SSSR count). The summed E-state index contributed by atoms with van der Waals surface area (Å²) in [5, 5.41) is 1.52. The minimum atomic E-state index is 0.191. The van der Waals surface area contributed by atoms with Gasteiger partial charge >= 0.3 is 0 Å². The molecular formula is C12H13BrClN5S. The summed E-state index contributed by atoms with van der Waals surface area (Å²) >= 11 is 10.8. The molecule has 8 heteroatoms. The van der Waals surface area contributed by atoms with Crippen LogP contribution in [0.25, 0.3) is 0 Å². The first-order chi connectivity index (χ1) is 9.63. The van der Waals surface area contributed by atoms with Crippen LogP contribution in [0.3, 0.4) is 0 Å². The highest BCUT2D eigenvalue weighted by Crippen LogP contribution is 2.30. The van der Waals surface area contributed by atoms with Crippen LogP contribution in [0.15, 0.2) is 33.0 Å². The fourth-order valence-electron chi connectivity index (χ4n) is 1.55. The van der Waals surface area contributed by atoms with Crippen LogP contribution in [0, 0.1) is 0 Å². The zero-order valence-corrected chi connectivity index (χ0v) is 14.2. The lowest BCUT2D eigenvalue weighted by atomic mass is 10.5. The summed E-state index contributed by atoms with van der Waals surface area (Å²) in [6.07, 6.45) is 1.72. The second-order valence-electron chi connectivity index (χ2n) is 3.75.